The van der Waals surface area contributed by atoms with Gasteiger partial charge in [0.2, 0.25) is 0 Å². The monoisotopic (exact) mass is 446 g/mol. The molecule has 0 N–H and O–H groups in total. The number of carbonyl (C=O) groups is 1. The van der Waals surface area contributed by atoms with Gasteiger partial charge in [0.05, 0.1) is 9.92 Å². The summed E-state index contributed by atoms with van der Waals surface area (Å²) in [6.45, 7) is 5.64. The smallest absolute Gasteiger partial charge is 0.430 e. The number of nitrogens with zero attached hydrogens (tertiary/aromatic N) is 2. The second kappa shape index (κ2) is 9.51. The molecule has 148 valence electrons. The fourth-order valence-corrected chi connectivity index (χ4v) is 6.20. The van der Waals surface area contributed by atoms with Gasteiger partial charge in [-0.15, -0.1) is 16.3 Å². The number of thioether (sulfide) groups is 3. The van der Waals surface area contributed by atoms with Crippen LogP contribution in [0.15, 0.2) is 39.1 Å². The van der Waals surface area contributed by atoms with Crippen molar-refractivity contribution >= 4 is 55.7 Å². The molecule has 2 heterocycles. The van der Waals surface area contributed by atoms with Crippen molar-refractivity contribution in [1.82, 2.24) is 4.90 Å². The first-order valence-corrected chi connectivity index (χ1v) is 12.6. The summed E-state index contributed by atoms with van der Waals surface area (Å²) in [6, 6.07) is 5.78. The Labute approximate surface area is 173 Å². The van der Waals surface area contributed by atoms with E-state index in [1.807, 2.05) is 24.7 Å². The first-order chi connectivity index (χ1) is 12.7. The molecule has 2 aliphatic rings. The molecule has 1 amide bonds. The van der Waals surface area contributed by atoms with E-state index >= 15 is 0 Å². The maximum atomic E-state index is 12.2. The lowest BCUT2D eigenvalue weighted by Crippen LogP contribution is -2.20. The van der Waals surface area contributed by atoms with Crippen LogP contribution < -0.4 is 0 Å². The maximum Gasteiger partial charge on any atom is 0.430 e. The lowest BCUT2D eigenvalue weighted by atomic mass is 10.2. The summed E-state index contributed by atoms with van der Waals surface area (Å²) in [7, 11) is -2.21. The Morgan fingerprint density at radius 2 is 1.93 bits per heavy atom. The molecule has 0 aromatic heterocycles. The lowest BCUT2D eigenvalue weighted by molar-refractivity contribution is -0.433. The van der Waals surface area contributed by atoms with Gasteiger partial charge in [-0.1, -0.05) is 29.5 Å². The van der Waals surface area contributed by atoms with Crippen molar-refractivity contribution in [2.45, 2.75) is 18.7 Å². The predicted octanol–water partition coefficient (Wildman–Crippen LogP) is 2.76. The highest BCUT2D eigenvalue weighted by molar-refractivity contribution is 8.40. The summed E-state index contributed by atoms with van der Waals surface area (Å²) in [4.78, 5) is 15.1. The van der Waals surface area contributed by atoms with E-state index in [-0.39, 0.29) is 10.8 Å². The minimum atomic E-state index is -4.27. The van der Waals surface area contributed by atoms with Crippen LogP contribution in [-0.4, -0.2) is 64.9 Å². The molecule has 0 aliphatic carbocycles. The summed E-state index contributed by atoms with van der Waals surface area (Å²) in [5.41, 5.74) is 0.928. The van der Waals surface area contributed by atoms with E-state index in [4.69, 9.17) is 0 Å². The molecule has 6 nitrogen and oxygen atoms in total. The summed E-state index contributed by atoms with van der Waals surface area (Å²) in [5.74, 6) is 1.26. The highest BCUT2D eigenvalue weighted by Gasteiger charge is 2.40. The van der Waals surface area contributed by atoms with Crippen molar-refractivity contribution in [1.29, 1.82) is 0 Å². The summed E-state index contributed by atoms with van der Waals surface area (Å²) >= 11 is 5.07. The quantitative estimate of drug-likeness (QED) is 0.390. The van der Waals surface area contributed by atoms with Gasteiger partial charge in [0.1, 0.15) is 10.1 Å². The standard InChI is InChI=1S/C10H15N2OS3.C7H8O3S/c1-4-12-8(13)7(16-10(12)14-3)9-11(2)5-6-15-9;1-6-2-4-7(5-3-6)11(8,9)10/h4-6H2,1-3H3;2-5H,1H3,(H,8,9,10)/q+1;/p-1/b9-7+;. The third-order valence-corrected chi connectivity index (χ3v) is 8.30. The zero-order valence-electron chi connectivity index (χ0n) is 15.6. The summed E-state index contributed by atoms with van der Waals surface area (Å²) in [6.07, 6.45) is 2.03. The van der Waals surface area contributed by atoms with Crippen LogP contribution in [0.2, 0.25) is 0 Å². The van der Waals surface area contributed by atoms with E-state index in [1.54, 1.807) is 47.4 Å². The normalized spacial score (nSPS) is 20.2. The Hall–Kier alpha value is -0.940. The summed E-state index contributed by atoms with van der Waals surface area (Å²) < 4.78 is 34.1. The Morgan fingerprint density at radius 1 is 1.30 bits per heavy atom. The molecular weight excluding hydrogens is 424 g/mol. The van der Waals surface area contributed by atoms with Gasteiger partial charge in [0, 0.05) is 31.1 Å². The van der Waals surface area contributed by atoms with E-state index in [1.165, 1.54) is 12.1 Å². The third kappa shape index (κ3) is 5.54. The molecule has 3 rings (SSSR count). The van der Waals surface area contributed by atoms with E-state index in [2.05, 4.69) is 11.9 Å². The van der Waals surface area contributed by atoms with Crippen LogP contribution in [0.3, 0.4) is 0 Å². The van der Waals surface area contributed by atoms with Crippen molar-refractivity contribution in [3.8, 4) is 0 Å². The summed E-state index contributed by atoms with van der Waals surface area (Å²) in [5, 5.41) is 1.15. The van der Waals surface area contributed by atoms with Crippen LogP contribution >= 0.6 is 35.3 Å². The first-order valence-electron chi connectivity index (χ1n) is 8.20. The minimum Gasteiger partial charge on any atom is -0.744 e. The Balaban J connectivity index is 0.000000208. The van der Waals surface area contributed by atoms with Gasteiger partial charge < -0.3 is 9.45 Å². The molecule has 1 aromatic rings. The van der Waals surface area contributed by atoms with E-state index in [0.29, 0.717) is 0 Å². The van der Waals surface area contributed by atoms with Crippen LogP contribution in [0.5, 0.6) is 0 Å². The number of aryl methyl sites for hydroxylation is 1. The number of benzene rings is 1. The Bertz CT molecular complexity index is 877. The highest BCUT2D eigenvalue weighted by Crippen LogP contribution is 2.40. The second-order valence-corrected chi connectivity index (χ2v) is 10.3. The van der Waals surface area contributed by atoms with Gasteiger partial charge >= 0.3 is 5.91 Å². The zero-order chi connectivity index (χ0) is 20.2. The van der Waals surface area contributed by atoms with Gasteiger partial charge in [0.25, 0.3) is 4.38 Å². The van der Waals surface area contributed by atoms with Gasteiger partial charge in [-0.2, -0.15) is 0 Å². The third-order valence-electron chi connectivity index (χ3n) is 3.86. The molecule has 0 bridgehead atoms. The largest absolute Gasteiger partial charge is 0.744 e. The molecule has 1 saturated heterocycles. The van der Waals surface area contributed by atoms with Crippen LogP contribution in [0.4, 0.5) is 0 Å². The van der Waals surface area contributed by atoms with Crippen LogP contribution in [-0.2, 0) is 14.9 Å². The van der Waals surface area contributed by atoms with Crippen LogP contribution in [0, 0.1) is 6.92 Å². The molecule has 0 atom stereocenters. The molecule has 0 radical (unpaired) electrons. The maximum absolute atomic E-state index is 12.2. The Kier molecular flexibility index (Phi) is 7.87. The molecule has 27 heavy (non-hydrogen) atoms. The predicted molar refractivity (Wildman–Crippen MR) is 113 cm³/mol. The fourth-order valence-electron chi connectivity index (χ4n) is 2.39. The van der Waals surface area contributed by atoms with Gasteiger partial charge in [-0.25, -0.2) is 13.2 Å². The lowest BCUT2D eigenvalue weighted by Gasteiger charge is -2.11. The molecule has 10 heteroatoms. The van der Waals surface area contributed by atoms with E-state index < -0.39 is 10.1 Å². The average molecular weight is 447 g/mol. The van der Waals surface area contributed by atoms with Crippen molar-refractivity contribution < 1.29 is 22.3 Å². The molecule has 0 unspecified atom stereocenters. The number of rotatable bonds is 2. The van der Waals surface area contributed by atoms with Crippen molar-refractivity contribution in [2.24, 2.45) is 0 Å². The second-order valence-electron chi connectivity index (χ2n) is 5.79. The topological polar surface area (TPSA) is 80.5 Å². The Morgan fingerprint density at radius 3 is 2.33 bits per heavy atom. The first kappa shape index (κ1) is 22.4. The van der Waals surface area contributed by atoms with Crippen LogP contribution in [0.25, 0.3) is 0 Å². The number of hydrogen-bond donors (Lipinski definition) is 0. The number of hydrogen-bond acceptors (Lipinski definition) is 8. The number of carbonyl (C=O) groups excluding carboxylic acids is 1. The SMILES string of the molecule is CC[N+]1=C(SC)S/C(=C2/SCCN2C)C1=O.Cc1ccc(S(=O)(=O)[O-])cc1. The average Bonchev–Trinajstić information content (AvgIpc) is 3.17. The van der Waals surface area contributed by atoms with Crippen molar-refractivity contribution in [3.05, 3.63) is 39.8 Å². The molecule has 1 fully saturated rings. The molecular formula is C17H22N2O4S4. The van der Waals surface area contributed by atoms with E-state index in [9.17, 15) is 17.8 Å². The molecule has 0 saturated carbocycles. The van der Waals surface area contributed by atoms with Gasteiger partial charge in [0.15, 0.2) is 11.4 Å². The highest BCUT2D eigenvalue weighted by atomic mass is 32.2. The molecule has 1 aromatic carbocycles. The zero-order valence-corrected chi connectivity index (χ0v) is 18.9. The van der Waals surface area contributed by atoms with Gasteiger partial charge in [-0.3, -0.25) is 0 Å². The number of amides is 1. The van der Waals surface area contributed by atoms with Crippen LogP contribution in [0.1, 0.15) is 12.5 Å². The van der Waals surface area contributed by atoms with Crippen molar-refractivity contribution in [2.75, 3.05) is 32.1 Å². The fraction of sp³-hybridized carbons (Fsp3) is 0.412. The van der Waals surface area contributed by atoms with Gasteiger partial charge in [-0.05, 0) is 32.2 Å². The molecule has 2 aliphatic heterocycles. The molecule has 0 spiro atoms. The minimum absolute atomic E-state index is 0.174. The number of likely N-dealkylation sites (N-methyl/N-ethyl adjacent to an activating group) is 1. The van der Waals surface area contributed by atoms with Crippen molar-refractivity contribution in [3.63, 3.8) is 0 Å². The van der Waals surface area contributed by atoms with E-state index in [0.717, 1.165) is 38.7 Å².